The van der Waals surface area contributed by atoms with Gasteiger partial charge in [-0.05, 0) is 80.0 Å². The predicted molar refractivity (Wildman–Crippen MR) is 118 cm³/mol. The van der Waals surface area contributed by atoms with Gasteiger partial charge in [-0.2, -0.15) is 5.10 Å². The Kier molecular flexibility index (Phi) is 7.52. The molecule has 0 aromatic heterocycles. The lowest BCUT2D eigenvalue weighted by atomic mass is 10.1. The number of rotatable bonds is 6. The summed E-state index contributed by atoms with van der Waals surface area (Å²) in [6.07, 6.45) is 0. The van der Waals surface area contributed by atoms with Gasteiger partial charge in [0.05, 0.1) is 5.71 Å². The molecule has 0 atom stereocenters. The molecule has 0 saturated carbocycles. The first-order chi connectivity index (χ1) is 13.3. The van der Waals surface area contributed by atoms with Crippen LogP contribution >= 0.6 is 12.2 Å². The third kappa shape index (κ3) is 6.06. The van der Waals surface area contributed by atoms with Crippen molar-refractivity contribution in [2.24, 2.45) is 5.10 Å². The number of carbonyl (C=O) groups is 1. The van der Waals surface area contributed by atoms with Crippen molar-refractivity contribution in [1.29, 1.82) is 0 Å². The Bertz CT molecular complexity index is 876. The number of hydrazone groups is 1. The number of likely N-dealkylation sites (N-methyl/N-ethyl adjacent to an activating group) is 1. The summed E-state index contributed by atoms with van der Waals surface area (Å²) >= 11 is 5.32. The van der Waals surface area contributed by atoms with Crippen LogP contribution in [0.25, 0.3) is 0 Å². The summed E-state index contributed by atoms with van der Waals surface area (Å²) < 4.78 is 5.47. The molecule has 7 heteroatoms. The fraction of sp³-hybridized carbons (Fsp3) is 0.286. The molecule has 0 bridgehead atoms. The lowest BCUT2D eigenvalue weighted by Crippen LogP contribution is -2.27. The number of nitrogens with one attached hydrogen (secondary N) is 2. The maximum atomic E-state index is 11.6. The van der Waals surface area contributed by atoms with E-state index < -0.39 is 0 Å². The smallest absolute Gasteiger partial charge is 0.259 e. The summed E-state index contributed by atoms with van der Waals surface area (Å²) in [6.45, 7) is 6.01. The van der Waals surface area contributed by atoms with E-state index in [2.05, 4.69) is 28.8 Å². The molecule has 1 amide bonds. The summed E-state index contributed by atoms with van der Waals surface area (Å²) in [6, 6.07) is 13.4. The predicted octanol–water partition coefficient (Wildman–Crippen LogP) is 3.48. The summed E-state index contributed by atoms with van der Waals surface area (Å²) in [4.78, 5) is 13.1. The minimum Gasteiger partial charge on any atom is -0.484 e. The molecule has 148 valence electrons. The number of benzene rings is 2. The molecule has 0 aliphatic rings. The first-order valence-corrected chi connectivity index (χ1v) is 9.29. The largest absolute Gasteiger partial charge is 0.484 e. The van der Waals surface area contributed by atoms with Gasteiger partial charge in [-0.15, -0.1) is 0 Å². The molecule has 0 aliphatic heterocycles. The highest BCUT2D eigenvalue weighted by molar-refractivity contribution is 7.80. The number of carbonyl (C=O) groups excluding carboxylic acids is 1. The van der Waals surface area contributed by atoms with E-state index in [0.29, 0.717) is 10.9 Å². The van der Waals surface area contributed by atoms with E-state index in [-0.39, 0.29) is 12.5 Å². The Hall–Kier alpha value is -2.93. The van der Waals surface area contributed by atoms with E-state index >= 15 is 0 Å². The molecule has 6 nitrogen and oxygen atoms in total. The summed E-state index contributed by atoms with van der Waals surface area (Å²) in [5.41, 5.74) is 7.88. The number of hydrogen-bond acceptors (Lipinski definition) is 4. The van der Waals surface area contributed by atoms with E-state index in [0.717, 1.165) is 22.5 Å². The standard InChI is InChI=1S/C21H26N4O2S/c1-14-7-6-8-19(15(14)2)22-21(28)24-23-16(3)17-9-11-18(12-10-17)27-13-20(26)25(4)5/h6-12H,13H2,1-5H3,(H2,22,24,28)/b23-16+. The van der Waals surface area contributed by atoms with Crippen LogP contribution in [0.1, 0.15) is 23.6 Å². The fourth-order valence-electron chi connectivity index (χ4n) is 2.30. The zero-order chi connectivity index (χ0) is 20.7. The van der Waals surface area contributed by atoms with Crippen LogP contribution in [-0.4, -0.2) is 42.3 Å². The zero-order valence-corrected chi connectivity index (χ0v) is 17.7. The number of amides is 1. The average Bonchev–Trinajstić information content (AvgIpc) is 2.68. The van der Waals surface area contributed by atoms with Gasteiger partial charge in [0.25, 0.3) is 5.91 Å². The fourth-order valence-corrected chi connectivity index (χ4v) is 2.46. The van der Waals surface area contributed by atoms with Crippen molar-refractivity contribution in [3.8, 4) is 5.75 Å². The van der Waals surface area contributed by atoms with E-state index in [4.69, 9.17) is 17.0 Å². The highest BCUT2D eigenvalue weighted by Gasteiger charge is 2.06. The van der Waals surface area contributed by atoms with Crippen molar-refractivity contribution in [3.05, 3.63) is 59.2 Å². The first-order valence-electron chi connectivity index (χ1n) is 8.89. The van der Waals surface area contributed by atoms with Gasteiger partial charge in [0.1, 0.15) is 5.75 Å². The number of anilines is 1. The molecule has 0 radical (unpaired) electrons. The quantitative estimate of drug-likeness (QED) is 0.443. The van der Waals surface area contributed by atoms with Crippen molar-refractivity contribution < 1.29 is 9.53 Å². The Balaban J connectivity index is 1.92. The Morgan fingerprint density at radius 3 is 2.46 bits per heavy atom. The van der Waals surface area contributed by atoms with Crippen LogP contribution in [0.5, 0.6) is 5.75 Å². The molecule has 2 aromatic carbocycles. The lowest BCUT2D eigenvalue weighted by molar-refractivity contribution is -0.130. The Morgan fingerprint density at radius 2 is 1.82 bits per heavy atom. The molecule has 0 spiro atoms. The SMILES string of the molecule is C/C(=N\NC(=S)Nc1cccc(C)c1C)c1ccc(OCC(=O)N(C)C)cc1. The van der Waals surface area contributed by atoms with E-state index in [9.17, 15) is 4.79 Å². The summed E-state index contributed by atoms with van der Waals surface area (Å²) in [7, 11) is 3.39. The highest BCUT2D eigenvalue weighted by atomic mass is 32.1. The van der Waals surface area contributed by atoms with E-state index in [1.807, 2.05) is 50.2 Å². The summed E-state index contributed by atoms with van der Waals surface area (Å²) in [5, 5.41) is 7.92. The van der Waals surface area contributed by atoms with Gasteiger partial charge in [-0.3, -0.25) is 10.2 Å². The topological polar surface area (TPSA) is 66.0 Å². The molecule has 0 unspecified atom stereocenters. The third-order valence-corrected chi connectivity index (χ3v) is 4.50. The van der Waals surface area contributed by atoms with Gasteiger partial charge in [-0.1, -0.05) is 12.1 Å². The van der Waals surface area contributed by atoms with Gasteiger partial charge in [0, 0.05) is 19.8 Å². The van der Waals surface area contributed by atoms with Crippen LogP contribution in [-0.2, 0) is 4.79 Å². The van der Waals surface area contributed by atoms with Gasteiger partial charge < -0.3 is 15.0 Å². The van der Waals surface area contributed by atoms with Crippen molar-refractivity contribution in [3.63, 3.8) is 0 Å². The van der Waals surface area contributed by atoms with Crippen molar-refractivity contribution in [2.45, 2.75) is 20.8 Å². The maximum absolute atomic E-state index is 11.6. The zero-order valence-electron chi connectivity index (χ0n) is 16.9. The van der Waals surface area contributed by atoms with Crippen LogP contribution < -0.4 is 15.5 Å². The van der Waals surface area contributed by atoms with E-state index in [1.54, 1.807) is 14.1 Å². The van der Waals surface area contributed by atoms with Gasteiger partial charge in [0.2, 0.25) is 0 Å². The van der Waals surface area contributed by atoms with Crippen LogP contribution in [0.2, 0.25) is 0 Å². The molecule has 0 heterocycles. The molecule has 2 N–H and O–H groups in total. The van der Waals surface area contributed by atoms with Crippen LogP contribution in [0.15, 0.2) is 47.6 Å². The van der Waals surface area contributed by atoms with Gasteiger partial charge >= 0.3 is 0 Å². The number of ether oxygens (including phenoxy) is 1. The molecule has 0 fully saturated rings. The first kappa shape index (κ1) is 21.4. The van der Waals surface area contributed by atoms with Crippen LogP contribution in [0.4, 0.5) is 5.69 Å². The normalized spacial score (nSPS) is 11.0. The number of aryl methyl sites for hydroxylation is 1. The van der Waals surface area contributed by atoms with Crippen molar-refractivity contribution in [2.75, 3.05) is 26.0 Å². The maximum Gasteiger partial charge on any atom is 0.259 e. The van der Waals surface area contributed by atoms with E-state index in [1.165, 1.54) is 10.5 Å². The second kappa shape index (κ2) is 9.85. The molecule has 2 rings (SSSR count). The van der Waals surface area contributed by atoms with Crippen molar-refractivity contribution >= 4 is 34.6 Å². The molecular formula is C21H26N4O2S. The Labute approximate surface area is 171 Å². The molecule has 0 aliphatic carbocycles. The van der Waals surface area contributed by atoms with Gasteiger partial charge in [-0.25, -0.2) is 0 Å². The highest BCUT2D eigenvalue weighted by Crippen LogP contribution is 2.17. The second-order valence-corrected chi connectivity index (χ2v) is 7.02. The second-order valence-electron chi connectivity index (χ2n) is 6.61. The number of thiocarbonyl (C=S) groups is 1. The number of hydrogen-bond donors (Lipinski definition) is 2. The minimum absolute atomic E-state index is 0.0132. The molecular weight excluding hydrogens is 372 g/mol. The van der Waals surface area contributed by atoms with Crippen LogP contribution in [0.3, 0.4) is 0 Å². The minimum atomic E-state index is -0.0871. The third-order valence-electron chi connectivity index (χ3n) is 4.31. The average molecular weight is 399 g/mol. The molecule has 0 saturated heterocycles. The lowest BCUT2D eigenvalue weighted by Gasteiger charge is -2.12. The Morgan fingerprint density at radius 1 is 1.14 bits per heavy atom. The van der Waals surface area contributed by atoms with Crippen molar-refractivity contribution in [1.82, 2.24) is 10.3 Å². The van der Waals surface area contributed by atoms with Gasteiger partial charge in [0.15, 0.2) is 11.7 Å². The van der Waals surface area contributed by atoms with Crippen LogP contribution in [0, 0.1) is 13.8 Å². The summed E-state index contributed by atoms with van der Waals surface area (Å²) in [5.74, 6) is 0.544. The monoisotopic (exact) mass is 398 g/mol. The molecule has 2 aromatic rings. The number of nitrogens with zero attached hydrogens (tertiary/aromatic N) is 2. The molecule has 28 heavy (non-hydrogen) atoms.